The van der Waals surface area contributed by atoms with Crippen molar-refractivity contribution in [3.8, 4) is 0 Å². The number of piperazine rings is 1. The molecule has 0 aromatic rings. The first-order valence-electron chi connectivity index (χ1n) is 4.64. The molecule has 2 nitrogen and oxygen atoms in total. The van der Waals surface area contributed by atoms with E-state index in [-0.39, 0.29) is 0 Å². The highest BCUT2D eigenvalue weighted by Gasteiger charge is 2.37. The molecule has 0 bridgehead atoms. The molecule has 2 fully saturated rings. The molecule has 1 unspecified atom stereocenters. The number of hydrogen-bond acceptors (Lipinski definition) is 0. The van der Waals surface area contributed by atoms with Gasteiger partial charge in [-0.25, -0.2) is 0 Å². The Bertz CT molecular complexity index is 140. The molecule has 3 atom stereocenters. The van der Waals surface area contributed by atoms with E-state index in [2.05, 4.69) is 21.2 Å². The van der Waals surface area contributed by atoms with Crippen LogP contribution in [0.4, 0.5) is 0 Å². The highest BCUT2D eigenvalue weighted by atomic mass is 79.9. The van der Waals surface area contributed by atoms with Gasteiger partial charge in [-0.3, -0.25) is 0 Å². The molecule has 0 spiro atoms. The van der Waals surface area contributed by atoms with Gasteiger partial charge in [-0.2, -0.15) is 0 Å². The van der Waals surface area contributed by atoms with Crippen LogP contribution in [0.1, 0.15) is 12.8 Å². The molecule has 0 aromatic heterocycles. The molecule has 0 saturated carbocycles. The summed E-state index contributed by atoms with van der Waals surface area (Å²) in [7, 11) is 0. The maximum atomic E-state index is 3.56. The largest absolute Gasteiger partial charge is 0.334 e. The van der Waals surface area contributed by atoms with Crippen LogP contribution in [0.3, 0.4) is 0 Å². The van der Waals surface area contributed by atoms with Crippen LogP contribution < -0.4 is 10.2 Å². The molecular formula is C8H17BrN2+2. The highest BCUT2D eigenvalue weighted by molar-refractivity contribution is 9.09. The zero-order valence-corrected chi connectivity index (χ0v) is 8.44. The predicted octanol–water partition coefficient (Wildman–Crippen LogP) is -1.63. The molecule has 0 radical (unpaired) electrons. The lowest BCUT2D eigenvalue weighted by Crippen LogP contribution is -3.24. The first-order chi connectivity index (χ1) is 5.40. The molecule has 64 valence electrons. The Morgan fingerprint density at radius 1 is 1.55 bits per heavy atom. The lowest BCUT2D eigenvalue weighted by atomic mass is 10.1. The van der Waals surface area contributed by atoms with Gasteiger partial charge in [0.25, 0.3) is 0 Å². The molecule has 2 rings (SSSR count). The fourth-order valence-electron chi connectivity index (χ4n) is 2.43. The van der Waals surface area contributed by atoms with Gasteiger partial charge in [0.05, 0.1) is 11.9 Å². The van der Waals surface area contributed by atoms with Crippen molar-refractivity contribution in [1.29, 1.82) is 0 Å². The van der Waals surface area contributed by atoms with Crippen LogP contribution in [0.15, 0.2) is 0 Å². The standard InChI is InChI=1S/C8H15BrN2/c9-4-7-6-11-3-1-2-8(11)5-10-7/h7-8,10H,1-6H2/p+2/t7-,8-/m0/s1. The molecule has 2 heterocycles. The highest BCUT2D eigenvalue weighted by Crippen LogP contribution is 2.00. The number of nitrogens with two attached hydrogens (primary N) is 1. The summed E-state index contributed by atoms with van der Waals surface area (Å²) in [6.07, 6.45) is 2.93. The van der Waals surface area contributed by atoms with Gasteiger partial charge < -0.3 is 10.2 Å². The molecule has 0 amide bonds. The van der Waals surface area contributed by atoms with Crippen LogP contribution in [-0.2, 0) is 0 Å². The maximum Gasteiger partial charge on any atom is 0.145 e. The average Bonchev–Trinajstić information content (AvgIpc) is 2.50. The van der Waals surface area contributed by atoms with Crippen LogP contribution >= 0.6 is 15.9 Å². The molecular weight excluding hydrogens is 204 g/mol. The van der Waals surface area contributed by atoms with E-state index >= 15 is 0 Å². The van der Waals surface area contributed by atoms with E-state index in [0.29, 0.717) is 0 Å². The van der Waals surface area contributed by atoms with Gasteiger partial charge in [0.2, 0.25) is 0 Å². The summed E-state index contributed by atoms with van der Waals surface area (Å²) >= 11 is 3.56. The lowest BCUT2D eigenvalue weighted by molar-refractivity contribution is -0.968. The van der Waals surface area contributed by atoms with Crippen molar-refractivity contribution >= 4 is 15.9 Å². The van der Waals surface area contributed by atoms with Crippen LogP contribution in [-0.4, -0.2) is 37.0 Å². The SMILES string of the molecule is BrC[C@H]1C[NH+]2CCC[C@H]2C[NH2+]1. The average molecular weight is 221 g/mol. The van der Waals surface area contributed by atoms with Crippen molar-refractivity contribution in [3.63, 3.8) is 0 Å². The fraction of sp³-hybridized carbons (Fsp3) is 1.00. The van der Waals surface area contributed by atoms with Gasteiger partial charge in [-0.05, 0) is 0 Å². The number of halogens is 1. The zero-order valence-electron chi connectivity index (χ0n) is 6.85. The van der Waals surface area contributed by atoms with E-state index in [1.54, 1.807) is 0 Å². The minimum absolute atomic E-state index is 0.847. The van der Waals surface area contributed by atoms with Crippen molar-refractivity contribution in [2.24, 2.45) is 0 Å². The van der Waals surface area contributed by atoms with E-state index in [9.17, 15) is 0 Å². The van der Waals surface area contributed by atoms with Crippen molar-refractivity contribution in [1.82, 2.24) is 0 Å². The summed E-state index contributed by atoms with van der Waals surface area (Å²) in [5, 5.41) is 3.69. The fourth-order valence-corrected chi connectivity index (χ4v) is 2.92. The number of alkyl halides is 1. The van der Waals surface area contributed by atoms with Crippen molar-refractivity contribution in [2.45, 2.75) is 24.9 Å². The van der Waals surface area contributed by atoms with E-state index in [1.165, 1.54) is 37.8 Å². The number of fused-ring (bicyclic) bond motifs is 1. The minimum Gasteiger partial charge on any atom is -0.334 e. The Balaban J connectivity index is 1.91. The van der Waals surface area contributed by atoms with Gasteiger partial charge in [-0.15, -0.1) is 0 Å². The summed E-state index contributed by atoms with van der Waals surface area (Å²) in [6.45, 7) is 4.18. The Hall–Kier alpha value is 0.400. The van der Waals surface area contributed by atoms with Crippen molar-refractivity contribution in [3.05, 3.63) is 0 Å². The third-order valence-electron chi connectivity index (χ3n) is 3.10. The Labute approximate surface area is 76.5 Å². The van der Waals surface area contributed by atoms with E-state index in [1.807, 2.05) is 4.90 Å². The van der Waals surface area contributed by atoms with Gasteiger partial charge in [0.15, 0.2) is 0 Å². The molecule has 0 aliphatic carbocycles. The predicted molar refractivity (Wildman–Crippen MR) is 48.1 cm³/mol. The first kappa shape index (κ1) is 8.02. The Kier molecular flexibility index (Phi) is 2.49. The summed E-state index contributed by atoms with van der Waals surface area (Å²) in [4.78, 5) is 1.87. The topological polar surface area (TPSA) is 21.1 Å². The van der Waals surface area contributed by atoms with Gasteiger partial charge in [0.1, 0.15) is 25.2 Å². The third kappa shape index (κ3) is 1.60. The molecule has 3 heteroatoms. The van der Waals surface area contributed by atoms with Gasteiger partial charge in [0, 0.05) is 12.8 Å². The van der Waals surface area contributed by atoms with Crippen molar-refractivity contribution < 1.29 is 10.2 Å². The smallest absolute Gasteiger partial charge is 0.145 e. The monoisotopic (exact) mass is 220 g/mol. The third-order valence-corrected chi connectivity index (χ3v) is 3.94. The molecule has 11 heavy (non-hydrogen) atoms. The number of quaternary nitrogens is 2. The molecule has 0 aromatic carbocycles. The van der Waals surface area contributed by atoms with Crippen LogP contribution in [0.5, 0.6) is 0 Å². The number of hydrogen-bond donors (Lipinski definition) is 2. The molecule has 3 N–H and O–H groups in total. The van der Waals surface area contributed by atoms with Gasteiger partial charge in [-0.1, -0.05) is 15.9 Å². The normalized spacial score (nSPS) is 43.9. The van der Waals surface area contributed by atoms with Crippen LogP contribution in [0, 0.1) is 0 Å². The number of nitrogens with one attached hydrogen (secondary N) is 1. The summed E-state index contributed by atoms with van der Waals surface area (Å²) < 4.78 is 0. The van der Waals surface area contributed by atoms with E-state index in [4.69, 9.17) is 0 Å². The molecule has 2 aliphatic rings. The van der Waals surface area contributed by atoms with Gasteiger partial charge >= 0.3 is 0 Å². The Morgan fingerprint density at radius 2 is 2.45 bits per heavy atom. The molecule has 2 saturated heterocycles. The maximum absolute atomic E-state index is 3.56. The second kappa shape index (κ2) is 3.42. The molecule has 2 aliphatic heterocycles. The second-order valence-corrected chi connectivity index (χ2v) is 4.48. The van der Waals surface area contributed by atoms with E-state index < -0.39 is 0 Å². The second-order valence-electron chi connectivity index (χ2n) is 3.84. The quantitative estimate of drug-likeness (QED) is 0.496. The minimum atomic E-state index is 0.847. The van der Waals surface area contributed by atoms with Crippen LogP contribution in [0.25, 0.3) is 0 Å². The zero-order chi connectivity index (χ0) is 7.68. The summed E-state index contributed by atoms with van der Waals surface area (Å²) in [6, 6.07) is 1.84. The summed E-state index contributed by atoms with van der Waals surface area (Å²) in [5.41, 5.74) is 0. The number of rotatable bonds is 1. The Morgan fingerprint density at radius 3 is 3.27 bits per heavy atom. The summed E-state index contributed by atoms with van der Waals surface area (Å²) in [5.74, 6) is 0. The lowest BCUT2D eigenvalue weighted by Gasteiger charge is -2.29. The van der Waals surface area contributed by atoms with Crippen LogP contribution in [0.2, 0.25) is 0 Å². The van der Waals surface area contributed by atoms with E-state index in [0.717, 1.165) is 12.1 Å². The first-order valence-corrected chi connectivity index (χ1v) is 5.76. The van der Waals surface area contributed by atoms with Crippen molar-refractivity contribution in [2.75, 3.05) is 25.0 Å².